The van der Waals surface area contributed by atoms with E-state index in [1.165, 1.54) is 6.33 Å². The monoisotopic (exact) mass is 164 g/mol. The summed E-state index contributed by atoms with van der Waals surface area (Å²) in [5.74, 6) is 0. The highest BCUT2D eigenvalue weighted by Crippen LogP contribution is 1.98. The molecular formula is C8H12N4. The Labute approximate surface area is 71.3 Å². The molecule has 0 unspecified atom stereocenters. The molecule has 2 aromatic rings. The maximum Gasteiger partial charge on any atom is 0.158 e. The smallest absolute Gasteiger partial charge is 0.158 e. The molecule has 0 fully saturated rings. The molecule has 2 heterocycles. The van der Waals surface area contributed by atoms with Crippen molar-refractivity contribution in [2.45, 2.75) is 20.8 Å². The van der Waals surface area contributed by atoms with E-state index in [1.54, 1.807) is 10.8 Å². The van der Waals surface area contributed by atoms with Gasteiger partial charge in [-0.15, -0.1) is 0 Å². The van der Waals surface area contributed by atoms with Crippen molar-refractivity contribution in [3.63, 3.8) is 0 Å². The maximum absolute atomic E-state index is 4.10. The third-order valence-corrected chi connectivity index (χ3v) is 1.27. The predicted octanol–water partition coefficient (Wildman–Crippen LogP) is 1.46. The third kappa shape index (κ3) is 1.58. The van der Waals surface area contributed by atoms with Gasteiger partial charge in [-0.05, 0) is 6.92 Å². The van der Waals surface area contributed by atoms with Gasteiger partial charge in [0, 0.05) is 6.07 Å². The number of nitrogens with zero attached hydrogens (tertiary/aromatic N) is 4. The number of aryl methyl sites for hydroxylation is 1. The number of aromatic nitrogens is 4. The normalized spacial score (nSPS) is 9.25. The Morgan fingerprint density at radius 1 is 1.33 bits per heavy atom. The van der Waals surface area contributed by atoms with Crippen molar-refractivity contribution < 1.29 is 0 Å². The fourth-order valence-corrected chi connectivity index (χ4v) is 0.870. The summed E-state index contributed by atoms with van der Waals surface area (Å²) in [6.07, 6.45) is 3.14. The average Bonchev–Trinajstić information content (AvgIpc) is 2.48. The van der Waals surface area contributed by atoms with E-state index in [1.807, 2.05) is 26.8 Å². The van der Waals surface area contributed by atoms with Gasteiger partial charge < -0.3 is 0 Å². The fourth-order valence-electron chi connectivity index (χ4n) is 0.870. The fraction of sp³-hybridized carbons (Fsp3) is 0.375. The molecule has 0 atom stereocenters. The van der Waals surface area contributed by atoms with E-state index in [0.29, 0.717) is 0 Å². The van der Waals surface area contributed by atoms with Gasteiger partial charge in [-0.3, -0.25) is 0 Å². The van der Waals surface area contributed by atoms with Crippen LogP contribution >= 0.6 is 0 Å². The first-order valence-corrected chi connectivity index (χ1v) is 3.98. The zero-order valence-corrected chi connectivity index (χ0v) is 7.52. The van der Waals surface area contributed by atoms with E-state index in [0.717, 1.165) is 11.3 Å². The van der Waals surface area contributed by atoms with Crippen molar-refractivity contribution in [3.8, 4) is 0 Å². The zero-order valence-electron chi connectivity index (χ0n) is 7.52. The molecule has 0 saturated heterocycles. The van der Waals surface area contributed by atoms with Gasteiger partial charge in [0.25, 0.3) is 0 Å². The highest BCUT2D eigenvalue weighted by Gasteiger charge is 1.94. The summed E-state index contributed by atoms with van der Waals surface area (Å²) in [6.45, 7) is 5.93. The van der Waals surface area contributed by atoms with E-state index < -0.39 is 0 Å². The van der Waals surface area contributed by atoms with Crippen LogP contribution in [0.15, 0.2) is 18.7 Å². The quantitative estimate of drug-likeness (QED) is 0.592. The van der Waals surface area contributed by atoms with Crippen LogP contribution in [0, 0.1) is 6.92 Å². The molecule has 0 N–H and O–H groups in total. The Morgan fingerprint density at radius 3 is 2.75 bits per heavy atom. The molecular weight excluding hydrogens is 152 g/mol. The summed E-state index contributed by atoms with van der Waals surface area (Å²) >= 11 is 0. The van der Waals surface area contributed by atoms with Crippen LogP contribution < -0.4 is 0 Å². The lowest BCUT2D eigenvalue weighted by Gasteiger charge is -1.85. The van der Waals surface area contributed by atoms with Crippen molar-refractivity contribution in [2.24, 2.45) is 0 Å². The minimum absolute atomic E-state index is 0.840. The second-order valence-corrected chi connectivity index (χ2v) is 2.10. The van der Waals surface area contributed by atoms with Gasteiger partial charge in [-0.25, -0.2) is 14.5 Å². The van der Waals surface area contributed by atoms with Crippen molar-refractivity contribution >= 4 is 5.65 Å². The van der Waals surface area contributed by atoms with E-state index >= 15 is 0 Å². The number of fused-ring (bicyclic) bond motifs is 1. The van der Waals surface area contributed by atoms with Crippen LogP contribution in [0.25, 0.3) is 5.65 Å². The topological polar surface area (TPSA) is 43.1 Å². The lowest BCUT2D eigenvalue weighted by Crippen LogP contribution is -1.89. The molecule has 0 spiro atoms. The van der Waals surface area contributed by atoms with Gasteiger partial charge in [0.05, 0.1) is 5.69 Å². The lowest BCUT2D eigenvalue weighted by atomic mass is 10.5. The maximum atomic E-state index is 4.10. The second-order valence-electron chi connectivity index (χ2n) is 2.10. The van der Waals surface area contributed by atoms with Gasteiger partial charge in [0.2, 0.25) is 0 Å². The number of hydrogen-bond donors (Lipinski definition) is 0. The zero-order chi connectivity index (χ0) is 8.97. The molecule has 0 bridgehead atoms. The van der Waals surface area contributed by atoms with Crippen molar-refractivity contribution in [1.29, 1.82) is 0 Å². The van der Waals surface area contributed by atoms with E-state index in [4.69, 9.17) is 0 Å². The van der Waals surface area contributed by atoms with Gasteiger partial charge in [-0.1, -0.05) is 13.8 Å². The van der Waals surface area contributed by atoms with Crippen molar-refractivity contribution in [3.05, 3.63) is 24.4 Å². The van der Waals surface area contributed by atoms with Crippen LogP contribution in [-0.2, 0) is 0 Å². The largest absolute Gasteiger partial charge is 0.225 e. The summed E-state index contributed by atoms with van der Waals surface area (Å²) in [5.41, 5.74) is 1.80. The predicted molar refractivity (Wildman–Crippen MR) is 46.9 cm³/mol. The molecule has 0 aromatic carbocycles. The van der Waals surface area contributed by atoms with Crippen LogP contribution in [-0.4, -0.2) is 19.6 Å². The Kier molecular flexibility index (Phi) is 2.74. The van der Waals surface area contributed by atoms with Gasteiger partial charge in [0.1, 0.15) is 12.7 Å². The SMILES string of the molecule is CC.Cc1cc2ncncn2n1. The molecule has 2 aromatic heterocycles. The van der Waals surface area contributed by atoms with Crippen molar-refractivity contribution in [2.75, 3.05) is 0 Å². The molecule has 2 rings (SSSR count). The second kappa shape index (κ2) is 3.80. The lowest BCUT2D eigenvalue weighted by molar-refractivity contribution is 0.875. The molecule has 64 valence electrons. The van der Waals surface area contributed by atoms with E-state index in [2.05, 4.69) is 15.1 Å². The summed E-state index contributed by atoms with van der Waals surface area (Å²) in [4.78, 5) is 7.81. The van der Waals surface area contributed by atoms with Gasteiger partial charge in [-0.2, -0.15) is 5.10 Å². The molecule has 0 aliphatic heterocycles. The van der Waals surface area contributed by atoms with E-state index in [-0.39, 0.29) is 0 Å². The Balaban J connectivity index is 0.000000336. The molecule has 0 aliphatic rings. The first-order chi connectivity index (χ1) is 5.86. The van der Waals surface area contributed by atoms with Crippen LogP contribution in [0.3, 0.4) is 0 Å². The summed E-state index contributed by atoms with van der Waals surface area (Å²) < 4.78 is 1.65. The Hall–Kier alpha value is -1.45. The van der Waals surface area contributed by atoms with Crippen LogP contribution in [0.2, 0.25) is 0 Å². The Morgan fingerprint density at radius 2 is 2.08 bits per heavy atom. The molecule has 0 amide bonds. The highest BCUT2D eigenvalue weighted by atomic mass is 15.3. The number of hydrogen-bond acceptors (Lipinski definition) is 3. The summed E-state index contributed by atoms with van der Waals surface area (Å²) in [7, 11) is 0. The molecule has 0 aliphatic carbocycles. The summed E-state index contributed by atoms with van der Waals surface area (Å²) in [5, 5.41) is 4.10. The van der Waals surface area contributed by atoms with Gasteiger partial charge in [0.15, 0.2) is 5.65 Å². The first-order valence-electron chi connectivity index (χ1n) is 3.98. The molecule has 0 radical (unpaired) electrons. The minimum Gasteiger partial charge on any atom is -0.225 e. The molecule has 4 nitrogen and oxygen atoms in total. The molecule has 0 saturated carbocycles. The van der Waals surface area contributed by atoms with Crippen LogP contribution in [0.4, 0.5) is 0 Å². The molecule has 4 heteroatoms. The number of rotatable bonds is 0. The van der Waals surface area contributed by atoms with Crippen LogP contribution in [0.1, 0.15) is 19.5 Å². The van der Waals surface area contributed by atoms with Crippen molar-refractivity contribution in [1.82, 2.24) is 19.6 Å². The average molecular weight is 164 g/mol. The summed E-state index contributed by atoms with van der Waals surface area (Å²) in [6, 6.07) is 1.90. The standard InChI is InChI=1S/C6H6N4.C2H6/c1-5-2-6-8-3-7-4-10(6)9-5;1-2/h2-4H,1H3;1-2H3. The minimum atomic E-state index is 0.840. The third-order valence-electron chi connectivity index (χ3n) is 1.27. The van der Waals surface area contributed by atoms with Gasteiger partial charge >= 0.3 is 0 Å². The Bertz CT molecular complexity index is 320. The molecule has 12 heavy (non-hydrogen) atoms. The first kappa shape index (κ1) is 8.64. The highest BCUT2D eigenvalue weighted by molar-refractivity contribution is 5.36. The van der Waals surface area contributed by atoms with E-state index in [9.17, 15) is 0 Å². The van der Waals surface area contributed by atoms with Crippen LogP contribution in [0.5, 0.6) is 0 Å².